The normalized spacial score (nSPS) is 18.1. The number of carbonyl (C=O) groups is 1. The molecule has 3 heterocycles. The lowest BCUT2D eigenvalue weighted by molar-refractivity contribution is 0.0730. The number of piperazine rings is 1. The molecule has 186 valence electrons. The molecule has 1 aromatic heterocycles. The first-order valence-corrected chi connectivity index (χ1v) is 13.4. The second-order valence-electron chi connectivity index (χ2n) is 8.72. The summed E-state index contributed by atoms with van der Waals surface area (Å²) in [7, 11) is -3.71. The van der Waals surface area contributed by atoms with Crippen LogP contribution in [0.15, 0.2) is 57.8 Å². The number of amides is 1. The van der Waals surface area contributed by atoms with Crippen molar-refractivity contribution in [2.24, 2.45) is 0 Å². The van der Waals surface area contributed by atoms with Crippen LogP contribution in [0.4, 0.5) is 11.4 Å². The molecule has 0 bridgehead atoms. The van der Waals surface area contributed by atoms with Crippen molar-refractivity contribution < 1.29 is 22.4 Å². The van der Waals surface area contributed by atoms with Gasteiger partial charge in [-0.1, -0.05) is 25.1 Å². The van der Waals surface area contributed by atoms with E-state index in [9.17, 15) is 13.2 Å². The predicted octanol–water partition coefficient (Wildman–Crippen LogP) is 2.85. The Labute approximate surface area is 205 Å². The van der Waals surface area contributed by atoms with Crippen molar-refractivity contribution in [2.75, 3.05) is 69.2 Å². The second-order valence-corrected chi connectivity index (χ2v) is 10.7. The summed E-state index contributed by atoms with van der Waals surface area (Å²) >= 11 is 0. The van der Waals surface area contributed by atoms with Crippen LogP contribution >= 0.6 is 0 Å². The van der Waals surface area contributed by atoms with Crippen molar-refractivity contribution in [1.29, 1.82) is 0 Å². The van der Waals surface area contributed by atoms with Crippen LogP contribution in [0.25, 0.3) is 11.0 Å². The molecule has 2 saturated heterocycles. The van der Waals surface area contributed by atoms with E-state index in [0.717, 1.165) is 43.8 Å². The summed E-state index contributed by atoms with van der Waals surface area (Å²) in [6.07, 6.45) is 0. The fourth-order valence-corrected chi connectivity index (χ4v) is 6.00. The molecular formula is C25H30N4O5S. The molecule has 2 aliphatic rings. The Balaban J connectivity index is 1.47. The lowest BCUT2D eigenvalue weighted by Crippen LogP contribution is -2.46. The summed E-state index contributed by atoms with van der Waals surface area (Å²) in [4.78, 5) is 17.9. The molecule has 1 amide bonds. The zero-order valence-corrected chi connectivity index (χ0v) is 20.6. The van der Waals surface area contributed by atoms with Gasteiger partial charge >= 0.3 is 0 Å². The van der Waals surface area contributed by atoms with Gasteiger partial charge in [-0.15, -0.1) is 0 Å². The van der Waals surface area contributed by atoms with Gasteiger partial charge in [0.2, 0.25) is 10.0 Å². The summed E-state index contributed by atoms with van der Waals surface area (Å²) in [5, 5.41) is 3.76. The highest BCUT2D eigenvalue weighted by Crippen LogP contribution is 2.32. The van der Waals surface area contributed by atoms with Gasteiger partial charge in [-0.3, -0.25) is 4.79 Å². The number of likely N-dealkylation sites (N-methyl/N-ethyl adjacent to an activating group) is 1. The molecule has 0 radical (unpaired) electrons. The summed E-state index contributed by atoms with van der Waals surface area (Å²) in [5.74, 6) is -0.245. The number of carbonyl (C=O) groups excluding carboxylic acids is 1. The molecule has 2 fully saturated rings. The average Bonchev–Trinajstić information content (AvgIpc) is 3.34. The SMILES string of the molecule is CCN1CCN(c2ccc(S(=O)(=O)N3CCOCC3)cc2NC(=O)c2cc3ccccc3o2)CC1. The first-order valence-electron chi connectivity index (χ1n) is 11.9. The highest BCUT2D eigenvalue weighted by Gasteiger charge is 2.28. The Morgan fingerprint density at radius 1 is 0.971 bits per heavy atom. The number of hydrogen-bond donors (Lipinski definition) is 1. The smallest absolute Gasteiger partial charge is 0.291 e. The van der Waals surface area contributed by atoms with Gasteiger partial charge in [0.05, 0.1) is 29.5 Å². The van der Waals surface area contributed by atoms with E-state index < -0.39 is 15.9 Å². The number of ether oxygens (including phenoxy) is 1. The number of para-hydroxylation sites is 1. The van der Waals surface area contributed by atoms with Crippen molar-refractivity contribution in [3.8, 4) is 0 Å². The minimum Gasteiger partial charge on any atom is -0.451 e. The Hall–Kier alpha value is -2.92. The van der Waals surface area contributed by atoms with Crippen molar-refractivity contribution in [1.82, 2.24) is 9.21 Å². The van der Waals surface area contributed by atoms with E-state index in [-0.39, 0.29) is 10.7 Å². The maximum atomic E-state index is 13.3. The van der Waals surface area contributed by atoms with Crippen LogP contribution in [-0.2, 0) is 14.8 Å². The molecular weight excluding hydrogens is 468 g/mol. The summed E-state index contributed by atoms with van der Waals surface area (Å²) < 4.78 is 39.1. The highest BCUT2D eigenvalue weighted by atomic mass is 32.2. The van der Waals surface area contributed by atoms with Gasteiger partial charge in [0.15, 0.2) is 5.76 Å². The third-order valence-electron chi connectivity index (χ3n) is 6.63. The van der Waals surface area contributed by atoms with E-state index in [1.165, 1.54) is 4.31 Å². The van der Waals surface area contributed by atoms with Crippen molar-refractivity contribution in [3.05, 3.63) is 54.3 Å². The Morgan fingerprint density at radius 2 is 1.71 bits per heavy atom. The van der Waals surface area contributed by atoms with Crippen LogP contribution in [0.5, 0.6) is 0 Å². The minimum absolute atomic E-state index is 0.148. The van der Waals surface area contributed by atoms with Crippen molar-refractivity contribution >= 4 is 38.3 Å². The van der Waals surface area contributed by atoms with E-state index in [4.69, 9.17) is 9.15 Å². The van der Waals surface area contributed by atoms with Crippen molar-refractivity contribution in [2.45, 2.75) is 11.8 Å². The number of nitrogens with zero attached hydrogens (tertiary/aromatic N) is 3. The van der Waals surface area contributed by atoms with E-state index in [2.05, 4.69) is 22.0 Å². The lowest BCUT2D eigenvalue weighted by Gasteiger charge is -2.36. The van der Waals surface area contributed by atoms with E-state index >= 15 is 0 Å². The van der Waals surface area contributed by atoms with Crippen molar-refractivity contribution in [3.63, 3.8) is 0 Å². The van der Waals surface area contributed by atoms with Crippen LogP contribution in [0, 0.1) is 0 Å². The van der Waals surface area contributed by atoms with Crippen LogP contribution < -0.4 is 10.2 Å². The Bertz CT molecular complexity index is 1280. The number of nitrogens with one attached hydrogen (secondary N) is 1. The van der Waals surface area contributed by atoms with Gasteiger partial charge in [0, 0.05) is 44.7 Å². The number of morpholine rings is 1. The van der Waals surface area contributed by atoms with E-state index in [1.54, 1.807) is 30.3 Å². The monoisotopic (exact) mass is 498 g/mol. The molecule has 5 rings (SSSR count). The highest BCUT2D eigenvalue weighted by molar-refractivity contribution is 7.89. The lowest BCUT2D eigenvalue weighted by atomic mass is 10.2. The third-order valence-corrected chi connectivity index (χ3v) is 8.53. The van der Waals surface area contributed by atoms with Gasteiger partial charge in [-0.2, -0.15) is 4.31 Å². The molecule has 35 heavy (non-hydrogen) atoms. The standard InChI is InChI=1S/C25H30N4O5S/c1-2-27-9-11-28(12-10-27)22-8-7-20(35(31,32)29-13-15-33-16-14-29)18-21(22)26-25(30)24-17-19-5-3-4-6-23(19)34-24/h3-8,17-18H,2,9-16H2,1H3,(H,26,30). The summed E-state index contributed by atoms with van der Waals surface area (Å²) in [6, 6.07) is 14.1. The topological polar surface area (TPSA) is 95.3 Å². The predicted molar refractivity (Wildman–Crippen MR) is 135 cm³/mol. The molecule has 2 aliphatic heterocycles. The zero-order chi connectivity index (χ0) is 24.4. The van der Waals surface area contributed by atoms with E-state index in [0.29, 0.717) is 37.6 Å². The molecule has 9 nitrogen and oxygen atoms in total. The van der Waals surface area contributed by atoms with Crippen LogP contribution in [0.1, 0.15) is 17.5 Å². The minimum atomic E-state index is -3.71. The molecule has 0 aliphatic carbocycles. The van der Waals surface area contributed by atoms with Crippen LogP contribution in [0.2, 0.25) is 0 Å². The van der Waals surface area contributed by atoms with Gasteiger partial charge in [-0.25, -0.2) is 8.42 Å². The van der Waals surface area contributed by atoms with Gasteiger partial charge in [-0.05, 0) is 36.9 Å². The van der Waals surface area contributed by atoms with E-state index in [1.807, 2.05) is 18.2 Å². The molecule has 1 N–H and O–H groups in total. The third kappa shape index (κ3) is 4.92. The number of rotatable bonds is 6. The van der Waals surface area contributed by atoms with Gasteiger partial charge < -0.3 is 24.3 Å². The molecule has 0 unspecified atom stereocenters. The molecule has 2 aromatic carbocycles. The fourth-order valence-electron chi connectivity index (χ4n) is 4.57. The quantitative estimate of drug-likeness (QED) is 0.558. The molecule has 10 heteroatoms. The fraction of sp³-hybridized carbons (Fsp3) is 0.400. The maximum Gasteiger partial charge on any atom is 0.291 e. The molecule has 0 saturated carbocycles. The summed E-state index contributed by atoms with van der Waals surface area (Å²) in [5.41, 5.74) is 1.87. The number of fused-ring (bicyclic) bond motifs is 1. The van der Waals surface area contributed by atoms with Crippen LogP contribution in [-0.4, -0.2) is 82.6 Å². The number of sulfonamides is 1. The van der Waals surface area contributed by atoms with Gasteiger partial charge in [0.1, 0.15) is 5.58 Å². The first-order chi connectivity index (χ1) is 17.0. The summed E-state index contributed by atoms with van der Waals surface area (Å²) in [6.45, 7) is 7.87. The molecule has 0 spiro atoms. The number of anilines is 2. The maximum absolute atomic E-state index is 13.3. The molecule has 0 atom stereocenters. The average molecular weight is 499 g/mol. The molecule has 3 aromatic rings. The Kier molecular flexibility index (Phi) is 6.79. The Morgan fingerprint density at radius 3 is 2.43 bits per heavy atom. The number of benzene rings is 2. The number of furan rings is 1. The first kappa shape index (κ1) is 23.8. The number of hydrogen-bond acceptors (Lipinski definition) is 7. The van der Waals surface area contributed by atoms with Gasteiger partial charge in [0.25, 0.3) is 5.91 Å². The largest absolute Gasteiger partial charge is 0.451 e. The zero-order valence-electron chi connectivity index (χ0n) is 19.8. The van der Waals surface area contributed by atoms with Crippen LogP contribution in [0.3, 0.4) is 0 Å². The second kappa shape index (κ2) is 9.98.